The van der Waals surface area contributed by atoms with Crippen LogP contribution in [0.4, 0.5) is 0 Å². The number of nitrogens with two attached hydrogens (primary N) is 2. The Labute approximate surface area is 123 Å². The van der Waals surface area contributed by atoms with E-state index in [1.807, 2.05) is 55.5 Å². The number of hydrogen-bond acceptors (Lipinski definition) is 2. The van der Waals surface area contributed by atoms with Crippen LogP contribution in [-0.2, 0) is 5.54 Å². The molecule has 0 radical (unpaired) electrons. The fraction of sp³-hybridized carbons (Fsp3) is 0.200. The molecule has 4 heteroatoms. The highest BCUT2D eigenvalue weighted by molar-refractivity contribution is 6.30. The molecule has 0 saturated heterocycles. The molecule has 0 aliphatic heterocycles. The lowest BCUT2D eigenvalue weighted by Gasteiger charge is -2.32. The van der Waals surface area contributed by atoms with Crippen molar-refractivity contribution in [2.45, 2.75) is 18.5 Å². The normalized spacial score (nSPS) is 15.8. The van der Waals surface area contributed by atoms with Crippen LogP contribution >= 0.6 is 23.2 Å². The minimum atomic E-state index is -0.682. The predicted molar refractivity (Wildman–Crippen MR) is 81.4 cm³/mol. The number of hydrogen-bond donors (Lipinski definition) is 2. The summed E-state index contributed by atoms with van der Waals surface area (Å²) < 4.78 is 0. The van der Waals surface area contributed by atoms with Gasteiger partial charge in [-0.3, -0.25) is 0 Å². The molecule has 2 nitrogen and oxygen atoms in total. The van der Waals surface area contributed by atoms with Crippen molar-refractivity contribution in [2.75, 3.05) is 0 Å². The maximum atomic E-state index is 6.40. The molecule has 0 aromatic heterocycles. The molecule has 2 atom stereocenters. The highest BCUT2D eigenvalue weighted by Crippen LogP contribution is 2.31. The molecule has 2 aromatic rings. The zero-order valence-electron chi connectivity index (χ0n) is 10.6. The van der Waals surface area contributed by atoms with Gasteiger partial charge in [0.25, 0.3) is 0 Å². The third-order valence-corrected chi connectivity index (χ3v) is 3.85. The molecular formula is C15H16Cl2N2. The molecule has 2 aromatic carbocycles. The van der Waals surface area contributed by atoms with Crippen molar-refractivity contribution in [1.29, 1.82) is 0 Å². The Kier molecular flexibility index (Phi) is 4.16. The van der Waals surface area contributed by atoms with Gasteiger partial charge in [-0.05, 0) is 42.3 Å². The maximum Gasteiger partial charge on any atom is 0.0576 e. The zero-order chi connectivity index (χ0) is 14.0. The zero-order valence-corrected chi connectivity index (χ0v) is 12.1. The minimum absolute atomic E-state index is 0.328. The highest BCUT2D eigenvalue weighted by atomic mass is 35.5. The largest absolute Gasteiger partial charge is 0.322 e. The molecule has 0 aliphatic rings. The second kappa shape index (κ2) is 5.51. The SMILES string of the molecule is C[C@](N)(c1ccc(Cl)cc1)[C@@H](N)c1ccc(Cl)cc1. The van der Waals surface area contributed by atoms with E-state index in [4.69, 9.17) is 34.7 Å². The van der Waals surface area contributed by atoms with Crippen LogP contribution in [0.15, 0.2) is 48.5 Å². The summed E-state index contributed by atoms with van der Waals surface area (Å²) in [6, 6.07) is 14.5. The summed E-state index contributed by atoms with van der Waals surface area (Å²) in [6.07, 6.45) is 0. The van der Waals surface area contributed by atoms with E-state index in [9.17, 15) is 0 Å². The van der Waals surface area contributed by atoms with E-state index in [0.717, 1.165) is 11.1 Å². The van der Waals surface area contributed by atoms with E-state index in [1.54, 1.807) is 0 Å². The quantitative estimate of drug-likeness (QED) is 0.903. The first-order chi connectivity index (χ1) is 8.91. The van der Waals surface area contributed by atoms with Crippen LogP contribution in [0.1, 0.15) is 24.1 Å². The number of halogens is 2. The second-order valence-corrected chi connectivity index (χ2v) is 5.69. The first-order valence-electron chi connectivity index (χ1n) is 5.97. The highest BCUT2D eigenvalue weighted by Gasteiger charge is 2.30. The van der Waals surface area contributed by atoms with E-state index in [1.165, 1.54) is 0 Å². The molecule has 0 aliphatic carbocycles. The monoisotopic (exact) mass is 294 g/mol. The summed E-state index contributed by atoms with van der Waals surface area (Å²) >= 11 is 11.8. The fourth-order valence-corrected chi connectivity index (χ4v) is 2.26. The van der Waals surface area contributed by atoms with Gasteiger partial charge in [-0.15, -0.1) is 0 Å². The number of benzene rings is 2. The Bertz CT molecular complexity index is 547. The van der Waals surface area contributed by atoms with Crippen LogP contribution in [0.3, 0.4) is 0 Å². The van der Waals surface area contributed by atoms with Crippen molar-refractivity contribution in [3.8, 4) is 0 Å². The first kappa shape index (κ1) is 14.4. The Morgan fingerprint density at radius 3 is 1.79 bits per heavy atom. The predicted octanol–water partition coefficient (Wildman–Crippen LogP) is 3.87. The van der Waals surface area contributed by atoms with Gasteiger partial charge in [0.05, 0.1) is 11.6 Å². The lowest BCUT2D eigenvalue weighted by molar-refractivity contribution is 0.397. The van der Waals surface area contributed by atoms with Gasteiger partial charge in [0.1, 0.15) is 0 Å². The van der Waals surface area contributed by atoms with Gasteiger partial charge in [-0.1, -0.05) is 47.5 Å². The van der Waals surface area contributed by atoms with Crippen LogP contribution in [0, 0.1) is 0 Å². The van der Waals surface area contributed by atoms with Gasteiger partial charge in [0.2, 0.25) is 0 Å². The van der Waals surface area contributed by atoms with Crippen molar-refractivity contribution < 1.29 is 0 Å². The van der Waals surface area contributed by atoms with Gasteiger partial charge < -0.3 is 11.5 Å². The molecule has 4 N–H and O–H groups in total. The van der Waals surface area contributed by atoms with Gasteiger partial charge in [0.15, 0.2) is 0 Å². The van der Waals surface area contributed by atoms with E-state index < -0.39 is 5.54 Å². The molecule has 0 unspecified atom stereocenters. The van der Waals surface area contributed by atoms with E-state index in [-0.39, 0.29) is 6.04 Å². The van der Waals surface area contributed by atoms with Gasteiger partial charge in [-0.25, -0.2) is 0 Å². The maximum absolute atomic E-state index is 6.40. The van der Waals surface area contributed by atoms with Gasteiger partial charge in [-0.2, -0.15) is 0 Å². The summed E-state index contributed by atoms with van der Waals surface area (Å²) in [5.41, 5.74) is 13.9. The van der Waals surface area contributed by atoms with Crippen molar-refractivity contribution in [3.63, 3.8) is 0 Å². The average molecular weight is 295 g/mol. The molecule has 0 fully saturated rings. The Hall–Kier alpha value is -1.06. The molecule has 0 saturated carbocycles. The number of rotatable bonds is 3. The third-order valence-electron chi connectivity index (χ3n) is 3.34. The average Bonchev–Trinajstić information content (AvgIpc) is 2.39. The molecule has 0 heterocycles. The van der Waals surface area contributed by atoms with Gasteiger partial charge >= 0.3 is 0 Å². The Morgan fingerprint density at radius 2 is 1.32 bits per heavy atom. The Balaban J connectivity index is 2.32. The van der Waals surface area contributed by atoms with Crippen LogP contribution in [0.5, 0.6) is 0 Å². The van der Waals surface area contributed by atoms with Crippen molar-refractivity contribution in [3.05, 3.63) is 69.7 Å². The van der Waals surface area contributed by atoms with Crippen LogP contribution in [-0.4, -0.2) is 0 Å². The molecule has 0 bridgehead atoms. The fourth-order valence-electron chi connectivity index (χ4n) is 2.00. The van der Waals surface area contributed by atoms with Crippen LogP contribution in [0.25, 0.3) is 0 Å². The second-order valence-electron chi connectivity index (χ2n) is 4.82. The standard InChI is InChI=1S/C15H16Cl2N2/c1-15(19,11-4-8-13(17)9-5-11)14(18)10-2-6-12(16)7-3-10/h2-9,14H,18-19H2,1H3/t14-,15-/m0/s1. The summed E-state index contributed by atoms with van der Waals surface area (Å²) in [5, 5.41) is 1.36. The summed E-state index contributed by atoms with van der Waals surface area (Å²) in [5.74, 6) is 0. The summed E-state index contributed by atoms with van der Waals surface area (Å²) in [7, 11) is 0. The summed E-state index contributed by atoms with van der Waals surface area (Å²) in [6.45, 7) is 1.91. The summed E-state index contributed by atoms with van der Waals surface area (Å²) in [4.78, 5) is 0. The first-order valence-corrected chi connectivity index (χ1v) is 6.73. The van der Waals surface area contributed by atoms with Crippen molar-refractivity contribution >= 4 is 23.2 Å². The molecular weight excluding hydrogens is 279 g/mol. The minimum Gasteiger partial charge on any atom is -0.322 e. The topological polar surface area (TPSA) is 52.0 Å². The molecule has 0 spiro atoms. The smallest absolute Gasteiger partial charge is 0.0576 e. The molecule has 100 valence electrons. The Morgan fingerprint density at radius 1 is 0.895 bits per heavy atom. The van der Waals surface area contributed by atoms with Crippen molar-refractivity contribution in [1.82, 2.24) is 0 Å². The molecule has 19 heavy (non-hydrogen) atoms. The third kappa shape index (κ3) is 3.10. The molecule has 0 amide bonds. The van der Waals surface area contributed by atoms with Crippen LogP contribution < -0.4 is 11.5 Å². The van der Waals surface area contributed by atoms with E-state index >= 15 is 0 Å². The lowest BCUT2D eigenvalue weighted by atomic mass is 9.82. The lowest BCUT2D eigenvalue weighted by Crippen LogP contribution is -2.44. The van der Waals surface area contributed by atoms with Gasteiger partial charge in [0, 0.05) is 10.0 Å². The van der Waals surface area contributed by atoms with Crippen molar-refractivity contribution in [2.24, 2.45) is 11.5 Å². The van der Waals surface area contributed by atoms with E-state index in [2.05, 4.69) is 0 Å². The van der Waals surface area contributed by atoms with E-state index in [0.29, 0.717) is 10.0 Å². The molecule has 2 rings (SSSR count). The van der Waals surface area contributed by atoms with Crippen LogP contribution in [0.2, 0.25) is 10.0 Å².